The molecule has 0 radical (unpaired) electrons. The molecule has 2 aliphatic heterocycles. The standard InChI is InChI=1S/C33H42N2O5/c36-21-20-34(24-27-14-7-4-8-15-27)31(37)23-28-16-9-1-2-10-17-29(22-26-12-5-3-6-13-26)33(39)40-25-30-18-11-19-35(30)32(28)38/h1,3-9,12-15,28-30,36H,2,10-11,16-25H2/t28-,29-,30+/m1/s1. The predicted octanol–water partition coefficient (Wildman–Crippen LogP) is 4.54. The quantitative estimate of drug-likeness (QED) is 0.388. The van der Waals surface area contributed by atoms with Gasteiger partial charge >= 0.3 is 5.97 Å². The van der Waals surface area contributed by atoms with Crippen LogP contribution in [0.3, 0.4) is 0 Å². The molecular formula is C33H42N2O5. The van der Waals surface area contributed by atoms with Crippen LogP contribution < -0.4 is 0 Å². The van der Waals surface area contributed by atoms with Crippen molar-refractivity contribution in [2.24, 2.45) is 11.8 Å². The minimum atomic E-state index is -0.495. The first-order chi connectivity index (χ1) is 19.5. The monoisotopic (exact) mass is 546 g/mol. The highest BCUT2D eigenvalue weighted by Gasteiger charge is 2.35. The van der Waals surface area contributed by atoms with Gasteiger partial charge in [-0.05, 0) is 56.1 Å². The molecule has 1 fully saturated rings. The van der Waals surface area contributed by atoms with E-state index in [9.17, 15) is 19.5 Å². The third kappa shape index (κ3) is 8.52. The maximum Gasteiger partial charge on any atom is 0.309 e. The molecule has 0 spiro atoms. The lowest BCUT2D eigenvalue weighted by atomic mass is 9.93. The highest BCUT2D eigenvalue weighted by atomic mass is 16.5. The summed E-state index contributed by atoms with van der Waals surface area (Å²) in [7, 11) is 0. The van der Waals surface area contributed by atoms with Gasteiger partial charge in [0.25, 0.3) is 0 Å². The Hall–Kier alpha value is -3.45. The van der Waals surface area contributed by atoms with Crippen LogP contribution in [-0.2, 0) is 32.1 Å². The Labute approximate surface area is 237 Å². The molecule has 2 aromatic rings. The Balaban J connectivity index is 1.46. The first-order valence-electron chi connectivity index (χ1n) is 14.6. The number of nitrogens with zero attached hydrogens (tertiary/aromatic N) is 2. The van der Waals surface area contributed by atoms with Gasteiger partial charge in [0.05, 0.1) is 24.5 Å². The van der Waals surface area contributed by atoms with Gasteiger partial charge in [0.15, 0.2) is 0 Å². The molecule has 1 saturated heterocycles. The fourth-order valence-corrected chi connectivity index (χ4v) is 5.72. The number of aliphatic hydroxyl groups is 1. The van der Waals surface area contributed by atoms with Crippen LogP contribution in [0.1, 0.15) is 56.1 Å². The summed E-state index contributed by atoms with van der Waals surface area (Å²) in [6.45, 7) is 1.27. The molecule has 0 saturated carbocycles. The number of fused-ring (bicyclic) bond motifs is 1. The lowest BCUT2D eigenvalue weighted by molar-refractivity contribution is -0.153. The van der Waals surface area contributed by atoms with E-state index in [0.717, 1.165) is 43.2 Å². The van der Waals surface area contributed by atoms with Crippen LogP contribution >= 0.6 is 0 Å². The highest BCUT2D eigenvalue weighted by molar-refractivity contribution is 5.86. The van der Waals surface area contributed by atoms with Crippen molar-refractivity contribution in [2.45, 2.75) is 64.0 Å². The first kappa shape index (κ1) is 29.5. The fraction of sp³-hybridized carbons (Fsp3) is 0.485. The number of allylic oxidation sites excluding steroid dienone is 2. The van der Waals surface area contributed by atoms with Gasteiger partial charge in [-0.1, -0.05) is 72.8 Å². The van der Waals surface area contributed by atoms with Gasteiger partial charge < -0.3 is 19.6 Å². The maximum atomic E-state index is 13.8. The summed E-state index contributed by atoms with van der Waals surface area (Å²) >= 11 is 0. The summed E-state index contributed by atoms with van der Waals surface area (Å²) < 4.78 is 5.83. The normalized spacial score (nSPS) is 22.3. The number of rotatable bonds is 8. The van der Waals surface area contributed by atoms with Crippen molar-refractivity contribution in [3.05, 3.63) is 83.9 Å². The molecule has 40 heavy (non-hydrogen) atoms. The molecule has 0 bridgehead atoms. The van der Waals surface area contributed by atoms with Crippen molar-refractivity contribution in [3.63, 3.8) is 0 Å². The summed E-state index contributed by atoms with van der Waals surface area (Å²) in [5, 5.41) is 9.60. The second kappa shape index (κ2) is 15.4. The minimum absolute atomic E-state index is 0.0573. The number of esters is 1. The van der Waals surface area contributed by atoms with E-state index in [-0.39, 0.29) is 55.9 Å². The molecule has 2 heterocycles. The minimum Gasteiger partial charge on any atom is -0.463 e. The van der Waals surface area contributed by atoms with E-state index in [1.165, 1.54) is 0 Å². The van der Waals surface area contributed by atoms with E-state index in [1.54, 1.807) is 4.90 Å². The van der Waals surface area contributed by atoms with Crippen LogP contribution in [0.25, 0.3) is 0 Å². The predicted molar refractivity (Wildman–Crippen MR) is 154 cm³/mol. The van der Waals surface area contributed by atoms with Crippen molar-refractivity contribution >= 4 is 17.8 Å². The molecule has 3 atom stereocenters. The molecule has 0 aliphatic carbocycles. The summed E-state index contributed by atoms with van der Waals surface area (Å²) in [6, 6.07) is 19.5. The van der Waals surface area contributed by atoms with Gasteiger partial charge in [-0.25, -0.2) is 0 Å². The Kier molecular flexibility index (Phi) is 11.3. The molecule has 0 unspecified atom stereocenters. The van der Waals surface area contributed by atoms with Crippen molar-refractivity contribution in [2.75, 3.05) is 26.3 Å². The van der Waals surface area contributed by atoms with Gasteiger partial charge in [0.1, 0.15) is 6.61 Å². The van der Waals surface area contributed by atoms with Gasteiger partial charge in [-0.2, -0.15) is 0 Å². The summed E-state index contributed by atoms with van der Waals surface area (Å²) in [4.78, 5) is 43.8. The fourth-order valence-electron chi connectivity index (χ4n) is 5.72. The Morgan fingerprint density at radius 3 is 2.38 bits per heavy atom. The molecular weight excluding hydrogens is 504 g/mol. The number of ether oxygens (including phenoxy) is 1. The zero-order valence-electron chi connectivity index (χ0n) is 23.3. The number of amides is 2. The average molecular weight is 547 g/mol. The van der Waals surface area contributed by atoms with Gasteiger partial charge in [-0.3, -0.25) is 14.4 Å². The van der Waals surface area contributed by atoms with Crippen molar-refractivity contribution in [1.29, 1.82) is 0 Å². The van der Waals surface area contributed by atoms with Crippen molar-refractivity contribution in [1.82, 2.24) is 9.80 Å². The summed E-state index contributed by atoms with van der Waals surface area (Å²) in [5.41, 5.74) is 2.10. The number of benzene rings is 2. The number of hydrogen-bond acceptors (Lipinski definition) is 5. The molecule has 1 N–H and O–H groups in total. The van der Waals surface area contributed by atoms with E-state index in [2.05, 4.69) is 6.08 Å². The number of hydrogen-bond donors (Lipinski definition) is 1. The molecule has 0 aromatic heterocycles. The van der Waals surface area contributed by atoms with Crippen molar-refractivity contribution < 1.29 is 24.2 Å². The second-order valence-corrected chi connectivity index (χ2v) is 10.9. The largest absolute Gasteiger partial charge is 0.463 e. The molecule has 2 amide bonds. The van der Waals surface area contributed by atoms with E-state index in [1.807, 2.05) is 71.6 Å². The number of aliphatic hydroxyl groups excluding tert-OH is 1. The third-order valence-electron chi connectivity index (χ3n) is 7.96. The van der Waals surface area contributed by atoms with Gasteiger partial charge in [-0.15, -0.1) is 0 Å². The van der Waals surface area contributed by atoms with Crippen LogP contribution in [0.15, 0.2) is 72.8 Å². The molecule has 2 aliphatic rings. The van der Waals surface area contributed by atoms with E-state index in [4.69, 9.17) is 4.74 Å². The number of carbonyl (C=O) groups excluding carboxylic acids is 3. The van der Waals surface area contributed by atoms with Gasteiger partial charge in [0.2, 0.25) is 11.8 Å². The number of carbonyl (C=O) groups is 3. The summed E-state index contributed by atoms with van der Waals surface area (Å²) in [5.74, 6) is -1.10. The van der Waals surface area contributed by atoms with Crippen LogP contribution in [0, 0.1) is 11.8 Å². The maximum absolute atomic E-state index is 13.8. The molecule has 7 heteroatoms. The van der Waals surface area contributed by atoms with Crippen LogP contribution in [0.5, 0.6) is 0 Å². The second-order valence-electron chi connectivity index (χ2n) is 10.9. The van der Waals surface area contributed by atoms with E-state index < -0.39 is 5.92 Å². The molecule has 4 rings (SSSR count). The first-order valence-corrected chi connectivity index (χ1v) is 14.6. The lowest BCUT2D eigenvalue weighted by Gasteiger charge is -2.30. The Bertz CT molecular complexity index is 1120. The van der Waals surface area contributed by atoms with Crippen LogP contribution in [0.2, 0.25) is 0 Å². The topological polar surface area (TPSA) is 87.2 Å². The Morgan fingerprint density at radius 1 is 0.925 bits per heavy atom. The summed E-state index contributed by atoms with van der Waals surface area (Å²) in [6.07, 6.45) is 9.31. The van der Waals surface area contributed by atoms with Crippen molar-refractivity contribution in [3.8, 4) is 0 Å². The smallest absolute Gasteiger partial charge is 0.309 e. The third-order valence-corrected chi connectivity index (χ3v) is 7.96. The van der Waals surface area contributed by atoms with E-state index in [0.29, 0.717) is 25.9 Å². The SMILES string of the molecule is O=C1OC[C@@H]2CCCN2C(=O)[C@@H](CC(=O)N(CCO)Cc2ccccc2)CC=CCCC[C@@H]1Cc1ccccc1. The molecule has 7 nitrogen and oxygen atoms in total. The lowest BCUT2D eigenvalue weighted by Crippen LogP contribution is -2.44. The zero-order valence-corrected chi connectivity index (χ0v) is 23.3. The van der Waals surface area contributed by atoms with Crippen LogP contribution in [0.4, 0.5) is 0 Å². The van der Waals surface area contributed by atoms with E-state index >= 15 is 0 Å². The number of cyclic esters (lactones) is 1. The zero-order chi connectivity index (χ0) is 28.2. The Morgan fingerprint density at radius 2 is 1.65 bits per heavy atom. The average Bonchev–Trinajstić information content (AvgIpc) is 3.45. The molecule has 2 aromatic carbocycles. The van der Waals surface area contributed by atoms with Crippen LogP contribution in [-0.4, -0.2) is 65.0 Å². The highest BCUT2D eigenvalue weighted by Crippen LogP contribution is 2.26. The molecule has 214 valence electrons. The van der Waals surface area contributed by atoms with Gasteiger partial charge in [0, 0.05) is 26.1 Å².